The number of sulfonamides is 1. The molecular weight excluding hydrogens is 606 g/mol. The minimum Gasteiger partial charge on any atom is -0.490 e. The smallest absolute Gasteiger partial charge is 0.261 e. The first kappa shape index (κ1) is 35.7. The number of rotatable bonds is 8. The van der Waals surface area contributed by atoms with Crippen molar-refractivity contribution in [3.63, 3.8) is 0 Å². The van der Waals surface area contributed by atoms with Gasteiger partial charge in [-0.2, -0.15) is 0 Å². The average Bonchev–Trinajstić information content (AvgIpc) is 3.06. The largest absolute Gasteiger partial charge is 0.490 e. The highest BCUT2D eigenvalue weighted by Gasteiger charge is 2.32. The number of carbonyl (C=O) groups excluding carboxylic acids is 2. The topological polar surface area (TPSA) is 125 Å². The second-order valence-corrected chi connectivity index (χ2v) is 14.7. The van der Waals surface area contributed by atoms with Crippen molar-refractivity contribution in [2.45, 2.75) is 95.3 Å². The van der Waals surface area contributed by atoms with E-state index in [0.29, 0.717) is 18.9 Å². The van der Waals surface area contributed by atoms with Crippen molar-refractivity contribution in [1.29, 1.82) is 0 Å². The zero-order valence-corrected chi connectivity index (χ0v) is 28.5. The van der Waals surface area contributed by atoms with Crippen LogP contribution in [0.25, 0.3) is 0 Å². The molecule has 2 aliphatic rings. The highest BCUT2D eigenvalue weighted by Crippen LogP contribution is 2.30. The SMILES string of the molecule is C[C@H]1CCCCO[C@@H](CN(C)C(=O)C2CCCCC2)[C@@H](C)CN([C@@H](C)CO)C(=O)c2cc(NS(=O)(=O)c3ccccc3)ccc2O1. The molecule has 10 nitrogen and oxygen atoms in total. The van der Waals surface area contributed by atoms with E-state index in [1.807, 2.05) is 20.9 Å². The molecule has 4 rings (SSSR count). The van der Waals surface area contributed by atoms with Crippen molar-refractivity contribution >= 4 is 27.5 Å². The van der Waals surface area contributed by atoms with Gasteiger partial charge in [0.15, 0.2) is 0 Å². The normalized spacial score (nSPS) is 23.0. The minimum absolute atomic E-state index is 0.0477. The number of aliphatic hydroxyl groups excluding tert-OH is 1. The third-order valence-electron chi connectivity index (χ3n) is 9.14. The Balaban J connectivity index is 1.63. The summed E-state index contributed by atoms with van der Waals surface area (Å²) in [5, 5.41) is 10.2. The molecule has 0 bridgehead atoms. The van der Waals surface area contributed by atoms with Crippen molar-refractivity contribution in [2.24, 2.45) is 11.8 Å². The van der Waals surface area contributed by atoms with Gasteiger partial charge < -0.3 is 24.4 Å². The van der Waals surface area contributed by atoms with Gasteiger partial charge in [-0.05, 0) is 76.3 Å². The molecule has 1 fully saturated rings. The molecule has 0 unspecified atom stereocenters. The van der Waals surface area contributed by atoms with Crippen molar-refractivity contribution in [2.75, 3.05) is 38.1 Å². The summed E-state index contributed by atoms with van der Waals surface area (Å²) in [5.74, 6) is -0.0153. The number of hydrogen-bond acceptors (Lipinski definition) is 7. The third-order valence-corrected chi connectivity index (χ3v) is 10.5. The highest BCUT2D eigenvalue weighted by molar-refractivity contribution is 7.92. The average molecular weight is 658 g/mol. The lowest BCUT2D eigenvalue weighted by Crippen LogP contribution is -2.48. The zero-order valence-electron chi connectivity index (χ0n) is 27.7. The molecule has 1 aliphatic heterocycles. The third kappa shape index (κ3) is 9.45. The Morgan fingerprint density at radius 2 is 1.74 bits per heavy atom. The monoisotopic (exact) mass is 657 g/mol. The number of anilines is 1. The van der Waals surface area contributed by atoms with E-state index in [4.69, 9.17) is 9.47 Å². The number of hydrogen-bond donors (Lipinski definition) is 2. The van der Waals surface area contributed by atoms with Gasteiger partial charge in [0, 0.05) is 44.3 Å². The number of ether oxygens (including phenoxy) is 2. The Bertz CT molecular complexity index is 1400. The van der Waals surface area contributed by atoms with Crippen LogP contribution < -0.4 is 9.46 Å². The highest BCUT2D eigenvalue weighted by atomic mass is 32.2. The Labute approximate surface area is 274 Å². The summed E-state index contributed by atoms with van der Waals surface area (Å²) in [5.41, 5.74) is 0.425. The van der Waals surface area contributed by atoms with Crippen LogP contribution >= 0.6 is 0 Å². The first-order valence-electron chi connectivity index (χ1n) is 16.7. The van der Waals surface area contributed by atoms with Gasteiger partial charge >= 0.3 is 0 Å². The van der Waals surface area contributed by atoms with Gasteiger partial charge in [-0.1, -0.05) is 44.4 Å². The van der Waals surface area contributed by atoms with Crippen molar-refractivity contribution in [3.8, 4) is 5.75 Å². The molecule has 0 radical (unpaired) electrons. The van der Waals surface area contributed by atoms with Crippen LogP contribution in [-0.4, -0.2) is 86.7 Å². The van der Waals surface area contributed by atoms with Gasteiger partial charge in [0.25, 0.3) is 15.9 Å². The van der Waals surface area contributed by atoms with Crippen LogP contribution in [0.5, 0.6) is 5.75 Å². The number of carbonyl (C=O) groups is 2. The molecule has 11 heteroatoms. The summed E-state index contributed by atoms with van der Waals surface area (Å²) >= 11 is 0. The van der Waals surface area contributed by atoms with E-state index in [2.05, 4.69) is 4.72 Å². The summed E-state index contributed by atoms with van der Waals surface area (Å²) in [6.45, 7) is 6.64. The number of amides is 2. The standard InChI is InChI=1S/C35H51N3O7S/c1-25-22-38(26(2)24-39)35(41)31-21-29(36-46(42,43)30-16-9-6-10-17-30)18-19-32(31)45-27(3)13-11-12-20-44-33(25)23-37(4)34(40)28-14-7-5-8-15-28/h6,9-10,16-19,21,25-28,33,36,39H,5,7-8,11-15,20,22-24H2,1-4H3/t25-,26-,27-,33-/m0/s1. The van der Waals surface area contributed by atoms with Gasteiger partial charge in [-0.15, -0.1) is 0 Å². The van der Waals surface area contributed by atoms with Gasteiger partial charge in [-0.25, -0.2) is 8.42 Å². The second kappa shape index (κ2) is 16.6. The van der Waals surface area contributed by atoms with Gasteiger partial charge in [0.2, 0.25) is 5.91 Å². The number of nitrogens with one attached hydrogen (secondary N) is 1. The van der Waals surface area contributed by atoms with E-state index in [-0.39, 0.29) is 65.2 Å². The van der Waals surface area contributed by atoms with Gasteiger partial charge in [-0.3, -0.25) is 14.3 Å². The molecule has 1 heterocycles. The van der Waals surface area contributed by atoms with Crippen LogP contribution in [0.2, 0.25) is 0 Å². The first-order chi connectivity index (χ1) is 22.0. The van der Waals surface area contributed by atoms with Crippen LogP contribution in [0, 0.1) is 11.8 Å². The van der Waals surface area contributed by atoms with Crippen LogP contribution in [0.3, 0.4) is 0 Å². The number of likely N-dealkylation sites (N-methyl/N-ethyl adjacent to an activating group) is 1. The van der Waals surface area contributed by atoms with Crippen LogP contribution in [-0.2, 0) is 19.6 Å². The molecule has 254 valence electrons. The lowest BCUT2D eigenvalue weighted by Gasteiger charge is -2.36. The quantitative estimate of drug-likeness (QED) is 0.394. The Hall–Kier alpha value is -3.15. The van der Waals surface area contributed by atoms with E-state index in [1.165, 1.54) is 24.6 Å². The fourth-order valence-corrected chi connectivity index (χ4v) is 7.35. The van der Waals surface area contributed by atoms with E-state index in [9.17, 15) is 23.1 Å². The van der Waals surface area contributed by atoms with E-state index in [0.717, 1.165) is 44.9 Å². The molecule has 2 aromatic rings. The molecule has 1 saturated carbocycles. The fraction of sp³-hybridized carbons (Fsp3) is 0.600. The van der Waals surface area contributed by atoms with E-state index < -0.39 is 16.1 Å². The molecule has 0 aromatic heterocycles. The summed E-state index contributed by atoms with van der Waals surface area (Å²) in [4.78, 5) is 31.1. The maximum absolute atomic E-state index is 14.3. The molecule has 4 atom stereocenters. The summed E-state index contributed by atoms with van der Waals surface area (Å²) < 4.78 is 41.5. The number of benzene rings is 2. The Kier molecular flexibility index (Phi) is 12.9. The van der Waals surface area contributed by atoms with Crippen molar-refractivity contribution in [1.82, 2.24) is 9.80 Å². The lowest BCUT2D eigenvalue weighted by atomic mass is 9.88. The first-order valence-corrected chi connectivity index (χ1v) is 18.2. The molecule has 1 aliphatic carbocycles. The number of fused-ring (bicyclic) bond motifs is 1. The van der Waals surface area contributed by atoms with E-state index in [1.54, 1.807) is 47.1 Å². The van der Waals surface area contributed by atoms with Crippen LogP contribution in [0.15, 0.2) is 53.4 Å². The Morgan fingerprint density at radius 1 is 1.04 bits per heavy atom. The van der Waals surface area contributed by atoms with Crippen molar-refractivity contribution in [3.05, 3.63) is 54.1 Å². The molecular formula is C35H51N3O7S. The molecule has 46 heavy (non-hydrogen) atoms. The number of nitrogens with zero attached hydrogens (tertiary/aromatic N) is 2. The second-order valence-electron chi connectivity index (χ2n) is 13.0. The fourth-order valence-electron chi connectivity index (χ4n) is 6.28. The van der Waals surface area contributed by atoms with Gasteiger partial charge in [0.05, 0.1) is 35.3 Å². The maximum atomic E-state index is 14.3. The van der Waals surface area contributed by atoms with Crippen LogP contribution in [0.4, 0.5) is 5.69 Å². The predicted molar refractivity (Wildman–Crippen MR) is 178 cm³/mol. The Morgan fingerprint density at radius 3 is 2.43 bits per heavy atom. The molecule has 0 spiro atoms. The van der Waals surface area contributed by atoms with Gasteiger partial charge in [0.1, 0.15) is 5.75 Å². The predicted octanol–water partition coefficient (Wildman–Crippen LogP) is 5.32. The lowest BCUT2D eigenvalue weighted by molar-refractivity contribution is -0.137. The van der Waals surface area contributed by atoms with Crippen LogP contribution in [0.1, 0.15) is 82.5 Å². The molecule has 2 amide bonds. The summed E-state index contributed by atoms with van der Waals surface area (Å²) in [7, 11) is -2.06. The minimum atomic E-state index is -3.90. The summed E-state index contributed by atoms with van der Waals surface area (Å²) in [6, 6.07) is 12.2. The maximum Gasteiger partial charge on any atom is 0.261 e. The summed E-state index contributed by atoms with van der Waals surface area (Å²) in [6.07, 6.45) is 7.05. The molecule has 2 N–H and O–H groups in total. The van der Waals surface area contributed by atoms with E-state index >= 15 is 0 Å². The molecule has 2 aromatic carbocycles. The zero-order chi connectivity index (χ0) is 33.3. The van der Waals surface area contributed by atoms with Crippen molar-refractivity contribution < 1.29 is 32.6 Å². The molecule has 0 saturated heterocycles. The number of aliphatic hydroxyl groups is 1.